The van der Waals surface area contributed by atoms with Crippen LogP contribution in [0, 0.1) is 0 Å². The molecule has 0 aromatic heterocycles. The Bertz CT molecular complexity index is 811. The van der Waals surface area contributed by atoms with Crippen molar-refractivity contribution in [3.05, 3.63) is 23.1 Å². The van der Waals surface area contributed by atoms with E-state index in [9.17, 15) is 79.0 Å². The van der Waals surface area contributed by atoms with E-state index >= 15 is 0 Å². The lowest BCUT2D eigenvalue weighted by Crippen LogP contribution is -2.65. The molecule has 30 heavy (non-hydrogen) atoms. The van der Waals surface area contributed by atoms with Crippen molar-refractivity contribution < 1.29 is 79.0 Å². The molecule has 0 saturated heterocycles. The van der Waals surface area contributed by atoms with Crippen molar-refractivity contribution in [1.82, 2.24) is 0 Å². The van der Waals surface area contributed by atoms with Crippen LogP contribution in [-0.2, 0) is 0 Å². The predicted molar refractivity (Wildman–Crippen MR) is 55.8 cm³/mol. The second kappa shape index (κ2) is 5.52. The molecular weight excluding hydrogens is 486 g/mol. The van der Waals surface area contributed by atoms with Crippen LogP contribution in [0.3, 0.4) is 0 Å². The maximum atomic E-state index is 14.5. The van der Waals surface area contributed by atoms with Crippen molar-refractivity contribution in [2.24, 2.45) is 0 Å². The predicted octanol–water partition coefficient (Wildman–Crippen LogP) is 6.54. The van der Waals surface area contributed by atoms with Gasteiger partial charge >= 0.3 is 41.5 Å². The van der Waals surface area contributed by atoms with Gasteiger partial charge in [0.1, 0.15) is 5.57 Å². The van der Waals surface area contributed by atoms with Crippen molar-refractivity contribution in [2.75, 3.05) is 0 Å². The highest BCUT2D eigenvalue weighted by Gasteiger charge is 3.02. The van der Waals surface area contributed by atoms with Crippen LogP contribution < -0.4 is 0 Å². The fraction of sp³-hybridized carbons (Fsp3) is 0.667. The molecule has 0 aromatic rings. The summed E-state index contributed by atoms with van der Waals surface area (Å²) < 4.78 is 241. The number of hydrogen-bond donors (Lipinski definition) is 0. The first kappa shape index (κ1) is 24.5. The summed E-state index contributed by atoms with van der Waals surface area (Å²) >= 11 is 0. The summed E-state index contributed by atoms with van der Waals surface area (Å²) in [6, 6.07) is 0. The van der Waals surface area contributed by atoms with Gasteiger partial charge in [-0.05, 0) is 0 Å². The van der Waals surface area contributed by atoms with Crippen LogP contribution in [-0.4, -0.2) is 47.1 Å². The number of halogens is 18. The minimum atomic E-state index is -7.85. The third-order valence-corrected chi connectivity index (χ3v) is 4.43. The van der Waals surface area contributed by atoms with Crippen LogP contribution in [0.5, 0.6) is 0 Å². The summed E-state index contributed by atoms with van der Waals surface area (Å²) in [6.45, 7) is 0. The van der Waals surface area contributed by atoms with E-state index in [2.05, 4.69) is 0 Å². The van der Waals surface area contributed by atoms with Crippen LogP contribution in [0.4, 0.5) is 79.0 Å². The third-order valence-electron chi connectivity index (χ3n) is 4.43. The van der Waals surface area contributed by atoms with Crippen molar-refractivity contribution in [1.29, 1.82) is 0 Å². The zero-order valence-electron chi connectivity index (χ0n) is 12.8. The summed E-state index contributed by atoms with van der Waals surface area (Å²) in [5.41, 5.74) is -17.3. The van der Waals surface area contributed by atoms with E-state index in [4.69, 9.17) is 0 Å². The van der Waals surface area contributed by atoms with Gasteiger partial charge in [0.15, 0.2) is 5.83 Å². The lowest BCUT2D eigenvalue weighted by Gasteiger charge is -2.43. The molecule has 0 heterocycles. The maximum Gasteiger partial charge on any atom is 0.383 e. The molecule has 0 nitrogen and oxygen atoms in total. The summed E-state index contributed by atoms with van der Waals surface area (Å²) in [6.07, 6.45) is -4.71. The first-order valence-electron chi connectivity index (χ1n) is 6.65. The molecule has 0 aromatic carbocycles. The van der Waals surface area contributed by atoms with Crippen molar-refractivity contribution in [3.63, 3.8) is 0 Å². The monoisotopic (exact) mass is 486 g/mol. The van der Waals surface area contributed by atoms with Gasteiger partial charge in [-0.25, -0.2) is 8.78 Å². The average molecular weight is 486 g/mol. The van der Waals surface area contributed by atoms with Crippen LogP contribution in [0.1, 0.15) is 0 Å². The van der Waals surface area contributed by atoms with E-state index in [1.165, 1.54) is 0 Å². The number of alkyl halides is 15. The Morgan fingerprint density at radius 1 is 0.467 bits per heavy atom. The molecule has 0 aliphatic heterocycles. The van der Waals surface area contributed by atoms with E-state index in [-0.39, 0.29) is 0 Å². The Balaban J connectivity index is 3.19. The molecular formula is C12F18. The Labute approximate surface area is 150 Å². The van der Waals surface area contributed by atoms with E-state index < -0.39 is 70.2 Å². The highest BCUT2D eigenvalue weighted by atomic mass is 19.4. The standard InChI is InChI=1S/C12F18/c13-3-1(2(4(14)15)6(17,18)10(25,26)7(3,19)20)5(16)8(21,22)11(27,28)12(29,30)9(5,23)24. The summed E-state index contributed by atoms with van der Waals surface area (Å²) in [5, 5.41) is 0. The van der Waals surface area contributed by atoms with Crippen LogP contribution in [0.2, 0.25) is 0 Å². The smallest absolute Gasteiger partial charge is 0.224 e. The fourth-order valence-corrected chi connectivity index (χ4v) is 2.79. The molecule has 0 atom stereocenters. The molecule has 1 fully saturated rings. The van der Waals surface area contributed by atoms with Gasteiger partial charge in [0.05, 0.1) is 5.57 Å². The number of hydrogen-bond acceptors (Lipinski definition) is 0. The van der Waals surface area contributed by atoms with Crippen LogP contribution in [0.25, 0.3) is 0 Å². The maximum absolute atomic E-state index is 14.5. The van der Waals surface area contributed by atoms with E-state index in [1.54, 1.807) is 0 Å². The van der Waals surface area contributed by atoms with Gasteiger partial charge in [0.2, 0.25) is 0 Å². The molecule has 174 valence electrons. The summed E-state index contributed by atoms with van der Waals surface area (Å²) in [7, 11) is 0. The van der Waals surface area contributed by atoms with Gasteiger partial charge in [0, 0.05) is 0 Å². The molecule has 2 rings (SSSR count). The zero-order valence-corrected chi connectivity index (χ0v) is 12.8. The summed E-state index contributed by atoms with van der Waals surface area (Å²) in [5.74, 6) is -58.1. The van der Waals surface area contributed by atoms with Crippen molar-refractivity contribution in [2.45, 2.75) is 47.1 Å². The number of rotatable bonds is 1. The quantitative estimate of drug-likeness (QED) is 0.370. The van der Waals surface area contributed by atoms with Crippen LogP contribution in [0.15, 0.2) is 23.1 Å². The SMILES string of the molecule is FC(F)=C1C(C2(F)C(F)(F)C(F)(F)C(F)(F)C2(F)F)=C(F)C(F)(F)C(F)(F)C1(F)F. The van der Waals surface area contributed by atoms with Crippen molar-refractivity contribution in [3.8, 4) is 0 Å². The van der Waals surface area contributed by atoms with Gasteiger partial charge in [-0.3, -0.25) is 0 Å². The van der Waals surface area contributed by atoms with E-state index in [0.717, 1.165) is 0 Å². The molecule has 1 saturated carbocycles. The zero-order chi connectivity index (χ0) is 24.3. The minimum absolute atomic E-state index is 4.65. The van der Waals surface area contributed by atoms with E-state index in [0.29, 0.717) is 0 Å². The average Bonchev–Trinajstić information content (AvgIpc) is 2.59. The van der Waals surface area contributed by atoms with Gasteiger partial charge in [-0.2, -0.15) is 70.2 Å². The third kappa shape index (κ3) is 2.00. The van der Waals surface area contributed by atoms with E-state index in [1.807, 2.05) is 0 Å². The first-order chi connectivity index (χ1) is 12.8. The van der Waals surface area contributed by atoms with Gasteiger partial charge in [-0.1, -0.05) is 0 Å². The lowest BCUT2D eigenvalue weighted by atomic mass is 9.74. The molecule has 0 unspecified atom stereocenters. The first-order valence-corrected chi connectivity index (χ1v) is 6.65. The summed E-state index contributed by atoms with van der Waals surface area (Å²) in [4.78, 5) is 0. The molecule has 18 heteroatoms. The highest BCUT2D eigenvalue weighted by molar-refractivity contribution is 5.57. The Morgan fingerprint density at radius 3 is 1.10 bits per heavy atom. The molecule has 0 spiro atoms. The van der Waals surface area contributed by atoms with Gasteiger partial charge < -0.3 is 0 Å². The lowest BCUT2D eigenvalue weighted by molar-refractivity contribution is -0.303. The molecule has 2 aliphatic rings. The topological polar surface area (TPSA) is 0 Å². The van der Waals surface area contributed by atoms with Gasteiger partial charge in [0.25, 0.3) is 11.7 Å². The van der Waals surface area contributed by atoms with Gasteiger partial charge in [-0.15, -0.1) is 0 Å². The Hall–Kier alpha value is -1.78. The molecule has 2 aliphatic carbocycles. The largest absolute Gasteiger partial charge is 0.383 e. The number of allylic oxidation sites excluding steroid dienone is 3. The second-order valence-corrected chi connectivity index (χ2v) is 6.00. The molecule has 0 N–H and O–H groups in total. The normalized spacial score (nSPS) is 31.6. The Kier molecular flexibility index (Phi) is 4.51. The molecule has 0 amide bonds. The second-order valence-electron chi connectivity index (χ2n) is 6.00. The molecule has 0 bridgehead atoms. The highest BCUT2D eigenvalue weighted by Crippen LogP contribution is 2.74. The fourth-order valence-electron chi connectivity index (χ4n) is 2.79. The van der Waals surface area contributed by atoms with Crippen LogP contribution >= 0.6 is 0 Å². The minimum Gasteiger partial charge on any atom is -0.224 e. The Morgan fingerprint density at radius 2 is 0.800 bits per heavy atom. The molecule has 0 radical (unpaired) electrons. The van der Waals surface area contributed by atoms with Crippen molar-refractivity contribution >= 4 is 0 Å².